The Balaban J connectivity index is 1.85. The van der Waals surface area contributed by atoms with Gasteiger partial charge in [0.05, 0.1) is 24.9 Å². The van der Waals surface area contributed by atoms with E-state index in [1.54, 1.807) is 44.5 Å². The molecule has 0 saturated carbocycles. The Kier molecular flexibility index (Phi) is 5.38. The number of carbonyl (C=O) groups excluding carboxylic acids is 1. The average Bonchev–Trinajstić information content (AvgIpc) is 3.08. The van der Waals surface area contributed by atoms with Crippen molar-refractivity contribution in [3.63, 3.8) is 0 Å². The van der Waals surface area contributed by atoms with Gasteiger partial charge >= 0.3 is 5.97 Å². The van der Waals surface area contributed by atoms with Crippen LogP contribution in [0.15, 0.2) is 48.7 Å². The summed E-state index contributed by atoms with van der Waals surface area (Å²) in [7, 11) is 1.58. The van der Waals surface area contributed by atoms with E-state index in [2.05, 4.69) is 9.97 Å². The Morgan fingerprint density at radius 1 is 1.10 bits per heavy atom. The largest absolute Gasteiger partial charge is 0.461 e. The van der Waals surface area contributed by atoms with Gasteiger partial charge in [-0.2, -0.15) is 0 Å². The minimum atomic E-state index is -0.468. The molecule has 6 nitrogen and oxygen atoms in total. The van der Waals surface area contributed by atoms with E-state index in [0.29, 0.717) is 22.1 Å². The first-order valence-corrected chi connectivity index (χ1v) is 9.51. The van der Waals surface area contributed by atoms with E-state index in [9.17, 15) is 4.79 Å². The van der Waals surface area contributed by atoms with Crippen LogP contribution < -0.4 is 4.74 Å². The second-order valence-corrected chi connectivity index (χ2v) is 6.85. The van der Waals surface area contributed by atoms with Gasteiger partial charge in [-0.15, -0.1) is 0 Å². The van der Waals surface area contributed by atoms with Gasteiger partial charge in [0.15, 0.2) is 5.69 Å². The first-order chi connectivity index (χ1) is 14.1. The molecule has 0 atom stereocenters. The molecule has 0 aliphatic rings. The molecular weight excluding hydrogens is 392 g/mol. The predicted molar refractivity (Wildman–Crippen MR) is 112 cm³/mol. The number of fused-ring (bicyclic) bond motifs is 3. The molecule has 2 aromatic heterocycles. The molecule has 4 rings (SSSR count). The number of hydrogen-bond acceptors (Lipinski definition) is 5. The van der Waals surface area contributed by atoms with Gasteiger partial charge in [0.1, 0.15) is 11.5 Å². The van der Waals surface area contributed by atoms with Crippen LogP contribution in [0.3, 0.4) is 0 Å². The molecular formula is C22H19ClN2O4. The maximum absolute atomic E-state index is 12.4. The van der Waals surface area contributed by atoms with Crippen LogP contribution in [0.4, 0.5) is 0 Å². The monoisotopic (exact) mass is 410 g/mol. The van der Waals surface area contributed by atoms with Crippen LogP contribution in [0.2, 0.25) is 5.02 Å². The summed E-state index contributed by atoms with van der Waals surface area (Å²) in [6.45, 7) is 2.27. The van der Waals surface area contributed by atoms with Crippen LogP contribution in [-0.4, -0.2) is 29.7 Å². The number of ether oxygens (including phenoxy) is 3. The average molecular weight is 411 g/mol. The fourth-order valence-corrected chi connectivity index (χ4v) is 3.43. The van der Waals surface area contributed by atoms with Gasteiger partial charge in [0.25, 0.3) is 0 Å². The smallest absolute Gasteiger partial charge is 0.357 e. The number of aromatic amines is 1. The number of aromatic nitrogens is 2. The molecule has 0 bridgehead atoms. The zero-order valence-corrected chi connectivity index (χ0v) is 16.7. The number of nitrogens with zero attached hydrogens (tertiary/aromatic N) is 1. The van der Waals surface area contributed by atoms with Crippen molar-refractivity contribution in [1.82, 2.24) is 9.97 Å². The standard InChI is InChI=1S/C22H19ClN2O4/c1-3-28-22(26)21-17(12-27-2)20-16-10-15(29-14-6-4-13(23)5-7-14)8-9-18(16)25-19(20)11-24-21/h4-11,25H,3,12H2,1-2H3. The molecule has 2 aromatic carbocycles. The Bertz CT molecular complexity index is 1190. The maximum atomic E-state index is 12.4. The van der Waals surface area contributed by atoms with Gasteiger partial charge in [0.2, 0.25) is 0 Å². The zero-order chi connectivity index (χ0) is 20.4. The van der Waals surface area contributed by atoms with E-state index in [4.69, 9.17) is 25.8 Å². The van der Waals surface area contributed by atoms with Gasteiger partial charge in [-0.05, 0) is 49.4 Å². The Hall–Kier alpha value is -3.09. The molecule has 29 heavy (non-hydrogen) atoms. The first-order valence-electron chi connectivity index (χ1n) is 9.13. The molecule has 7 heteroatoms. The summed E-state index contributed by atoms with van der Waals surface area (Å²) in [5.74, 6) is 0.877. The lowest BCUT2D eigenvalue weighted by Crippen LogP contribution is -2.11. The number of nitrogens with one attached hydrogen (secondary N) is 1. The minimum Gasteiger partial charge on any atom is -0.461 e. The summed E-state index contributed by atoms with van der Waals surface area (Å²) >= 11 is 5.94. The summed E-state index contributed by atoms with van der Waals surface area (Å²) in [6, 6.07) is 12.9. The number of hydrogen-bond donors (Lipinski definition) is 1. The van der Waals surface area contributed by atoms with Crippen LogP contribution in [0.25, 0.3) is 21.8 Å². The van der Waals surface area contributed by atoms with Crippen molar-refractivity contribution in [3.8, 4) is 11.5 Å². The van der Waals surface area contributed by atoms with Crippen molar-refractivity contribution in [2.75, 3.05) is 13.7 Å². The number of H-pyrrole nitrogens is 1. The predicted octanol–water partition coefficient (Wildman–Crippen LogP) is 5.48. The third kappa shape index (κ3) is 3.77. The van der Waals surface area contributed by atoms with E-state index in [1.165, 1.54) is 0 Å². The third-order valence-electron chi connectivity index (χ3n) is 4.52. The van der Waals surface area contributed by atoms with Crippen LogP contribution in [0.1, 0.15) is 23.0 Å². The molecule has 0 radical (unpaired) electrons. The molecule has 0 unspecified atom stereocenters. The minimum absolute atomic E-state index is 0.230. The number of pyridine rings is 1. The van der Waals surface area contributed by atoms with Crippen molar-refractivity contribution in [2.24, 2.45) is 0 Å². The van der Waals surface area contributed by atoms with Crippen molar-refractivity contribution >= 4 is 39.4 Å². The summed E-state index contributed by atoms with van der Waals surface area (Å²) in [5.41, 5.74) is 2.65. The molecule has 1 N–H and O–H groups in total. The second-order valence-electron chi connectivity index (χ2n) is 6.42. The lowest BCUT2D eigenvalue weighted by atomic mass is 10.1. The topological polar surface area (TPSA) is 73.4 Å². The lowest BCUT2D eigenvalue weighted by Gasteiger charge is -2.10. The molecule has 0 aliphatic heterocycles. The second kappa shape index (κ2) is 8.11. The van der Waals surface area contributed by atoms with E-state index in [1.807, 2.05) is 18.2 Å². The Morgan fingerprint density at radius 2 is 1.86 bits per heavy atom. The van der Waals surface area contributed by atoms with Crippen molar-refractivity contribution < 1.29 is 19.0 Å². The molecule has 4 aromatic rings. The van der Waals surface area contributed by atoms with Gasteiger partial charge in [-0.3, -0.25) is 0 Å². The summed E-state index contributed by atoms with van der Waals surface area (Å²) < 4.78 is 16.5. The van der Waals surface area contributed by atoms with Crippen LogP contribution in [-0.2, 0) is 16.1 Å². The highest BCUT2D eigenvalue weighted by Gasteiger charge is 2.20. The number of esters is 1. The van der Waals surface area contributed by atoms with Crippen LogP contribution in [0.5, 0.6) is 11.5 Å². The highest BCUT2D eigenvalue weighted by Crippen LogP contribution is 2.34. The molecule has 0 aliphatic carbocycles. The molecule has 0 spiro atoms. The quantitative estimate of drug-likeness (QED) is 0.426. The molecule has 148 valence electrons. The van der Waals surface area contributed by atoms with Crippen molar-refractivity contribution in [1.29, 1.82) is 0 Å². The molecule has 0 fully saturated rings. The maximum Gasteiger partial charge on any atom is 0.357 e. The van der Waals surface area contributed by atoms with Crippen molar-refractivity contribution in [2.45, 2.75) is 13.5 Å². The molecule has 0 amide bonds. The van der Waals surface area contributed by atoms with Crippen molar-refractivity contribution in [3.05, 3.63) is 64.9 Å². The lowest BCUT2D eigenvalue weighted by molar-refractivity contribution is 0.0514. The number of benzene rings is 2. The highest BCUT2D eigenvalue weighted by atomic mass is 35.5. The van der Waals surface area contributed by atoms with Crippen LogP contribution in [0, 0.1) is 0 Å². The fraction of sp³-hybridized carbons (Fsp3) is 0.182. The zero-order valence-electron chi connectivity index (χ0n) is 16.0. The third-order valence-corrected chi connectivity index (χ3v) is 4.77. The number of halogens is 1. The number of carbonyl (C=O) groups is 1. The Morgan fingerprint density at radius 3 is 2.59 bits per heavy atom. The van der Waals surface area contributed by atoms with E-state index in [0.717, 1.165) is 21.8 Å². The van der Waals surface area contributed by atoms with E-state index >= 15 is 0 Å². The summed E-state index contributed by atoms with van der Waals surface area (Å²) in [4.78, 5) is 20.0. The van der Waals surface area contributed by atoms with Gasteiger partial charge in [0, 0.05) is 34.0 Å². The van der Waals surface area contributed by atoms with Gasteiger partial charge < -0.3 is 19.2 Å². The first kappa shape index (κ1) is 19.2. The SMILES string of the molecule is CCOC(=O)c1ncc2[nH]c3ccc(Oc4ccc(Cl)cc4)cc3c2c1COC. The number of methoxy groups -OCH3 is 1. The molecule has 2 heterocycles. The highest BCUT2D eigenvalue weighted by molar-refractivity contribution is 6.30. The van der Waals surface area contributed by atoms with E-state index in [-0.39, 0.29) is 18.9 Å². The summed E-state index contributed by atoms with van der Waals surface area (Å²) in [5, 5.41) is 2.42. The normalized spacial score (nSPS) is 11.1. The van der Waals surface area contributed by atoms with Crippen LogP contribution >= 0.6 is 11.6 Å². The van der Waals surface area contributed by atoms with Gasteiger partial charge in [-0.1, -0.05) is 11.6 Å². The number of rotatable bonds is 6. The Labute approximate surface area is 172 Å². The molecule has 0 saturated heterocycles. The van der Waals surface area contributed by atoms with E-state index < -0.39 is 5.97 Å². The fourth-order valence-electron chi connectivity index (χ4n) is 3.30. The van der Waals surface area contributed by atoms with Gasteiger partial charge in [-0.25, -0.2) is 9.78 Å². The summed E-state index contributed by atoms with van der Waals surface area (Å²) in [6.07, 6.45) is 1.64.